The average Bonchev–Trinajstić information content (AvgIpc) is 2.22. The summed E-state index contributed by atoms with van der Waals surface area (Å²) in [6.45, 7) is 5.65. The summed E-state index contributed by atoms with van der Waals surface area (Å²) in [4.78, 5) is 22.0. The molecule has 0 rings (SSSR count). The molecule has 16 heavy (non-hydrogen) atoms. The molecule has 2 amide bonds. The first-order valence-electron chi connectivity index (χ1n) is 5.14. The third-order valence-electron chi connectivity index (χ3n) is 2.24. The summed E-state index contributed by atoms with van der Waals surface area (Å²) in [6, 6.07) is -1.36. The fourth-order valence-corrected chi connectivity index (χ4v) is 0.913. The summed E-state index contributed by atoms with van der Waals surface area (Å²) in [6.07, 6.45) is 0.344. The van der Waals surface area contributed by atoms with E-state index in [-0.39, 0.29) is 0 Å². The quantitative estimate of drug-likeness (QED) is 0.625. The van der Waals surface area contributed by atoms with Crippen molar-refractivity contribution in [3.05, 3.63) is 0 Å². The van der Waals surface area contributed by atoms with Gasteiger partial charge in [-0.1, -0.05) is 6.92 Å². The van der Waals surface area contributed by atoms with E-state index in [1.165, 1.54) is 0 Å². The monoisotopic (exact) mass is 232 g/mol. The van der Waals surface area contributed by atoms with Crippen molar-refractivity contribution < 1.29 is 19.4 Å². The number of carboxylic acids is 1. The van der Waals surface area contributed by atoms with E-state index in [1.54, 1.807) is 14.0 Å². The number of carbonyl (C=O) groups is 2. The van der Waals surface area contributed by atoms with Gasteiger partial charge in [0, 0.05) is 13.7 Å². The van der Waals surface area contributed by atoms with E-state index >= 15 is 0 Å². The highest BCUT2D eigenvalue weighted by Crippen LogP contribution is 2.04. The number of hydrogen-bond donors (Lipinski definition) is 3. The minimum absolute atomic E-state index is 0.311. The zero-order valence-corrected chi connectivity index (χ0v) is 10.2. The lowest BCUT2D eigenvalue weighted by atomic mass is 10.1. The normalized spacial score (nSPS) is 13.0. The first kappa shape index (κ1) is 14.7. The predicted molar refractivity (Wildman–Crippen MR) is 59.3 cm³/mol. The number of nitrogens with one attached hydrogen (secondary N) is 2. The molecule has 0 aromatic rings. The molecule has 0 heterocycles. The summed E-state index contributed by atoms with van der Waals surface area (Å²) in [5, 5.41) is 13.6. The average molecular weight is 232 g/mol. The molecular formula is C10H20N2O4. The van der Waals surface area contributed by atoms with Gasteiger partial charge in [-0.3, -0.25) is 0 Å². The van der Waals surface area contributed by atoms with Gasteiger partial charge < -0.3 is 20.5 Å². The molecule has 0 spiro atoms. The second-order valence-electron chi connectivity index (χ2n) is 4.09. The summed E-state index contributed by atoms with van der Waals surface area (Å²) < 4.78 is 5.11. The van der Waals surface area contributed by atoms with Crippen molar-refractivity contribution in [2.45, 2.75) is 38.8 Å². The summed E-state index contributed by atoms with van der Waals surface area (Å²) in [7, 11) is 1.55. The van der Waals surface area contributed by atoms with E-state index in [9.17, 15) is 9.59 Å². The molecule has 1 atom stereocenters. The number of methoxy groups -OCH3 is 1. The van der Waals surface area contributed by atoms with Crippen LogP contribution in [0.15, 0.2) is 0 Å². The van der Waals surface area contributed by atoms with Crippen LogP contribution in [0.1, 0.15) is 27.2 Å². The molecule has 94 valence electrons. The van der Waals surface area contributed by atoms with Gasteiger partial charge in [-0.2, -0.15) is 0 Å². The Labute approximate surface area is 95.4 Å². The van der Waals surface area contributed by atoms with Gasteiger partial charge in [-0.15, -0.1) is 0 Å². The molecule has 0 fully saturated rings. The Morgan fingerprint density at radius 2 is 2.00 bits per heavy atom. The van der Waals surface area contributed by atoms with Crippen molar-refractivity contribution in [3.8, 4) is 0 Å². The lowest BCUT2D eigenvalue weighted by Gasteiger charge is -2.23. The highest BCUT2D eigenvalue weighted by Gasteiger charge is 2.20. The number of ether oxygens (including phenoxy) is 1. The van der Waals surface area contributed by atoms with E-state index in [0.29, 0.717) is 13.0 Å². The van der Waals surface area contributed by atoms with Crippen LogP contribution in [-0.4, -0.2) is 42.4 Å². The van der Waals surface area contributed by atoms with Gasteiger partial charge in [-0.05, 0) is 20.3 Å². The maximum atomic E-state index is 11.3. The van der Waals surface area contributed by atoms with Gasteiger partial charge in [0.2, 0.25) is 0 Å². The molecule has 0 aliphatic rings. The first-order chi connectivity index (χ1) is 7.32. The third-order valence-corrected chi connectivity index (χ3v) is 2.24. The predicted octanol–water partition coefficient (Wildman–Crippen LogP) is 0.574. The number of carboxylic acid groups (broad SMARTS) is 1. The van der Waals surface area contributed by atoms with Crippen molar-refractivity contribution in [2.24, 2.45) is 0 Å². The molecular weight excluding hydrogens is 212 g/mol. The number of aliphatic carboxylic acids is 1. The van der Waals surface area contributed by atoms with E-state index in [4.69, 9.17) is 9.84 Å². The Balaban J connectivity index is 4.04. The zero-order chi connectivity index (χ0) is 12.8. The molecule has 1 unspecified atom stereocenters. The van der Waals surface area contributed by atoms with Crippen molar-refractivity contribution in [1.29, 1.82) is 0 Å². The topological polar surface area (TPSA) is 87.7 Å². The molecule has 3 N–H and O–H groups in total. The van der Waals surface area contributed by atoms with Crippen LogP contribution in [0.25, 0.3) is 0 Å². The lowest BCUT2D eigenvalue weighted by molar-refractivity contribution is -0.139. The van der Waals surface area contributed by atoms with E-state index in [0.717, 1.165) is 0 Å². The fraction of sp³-hybridized carbons (Fsp3) is 0.800. The number of carbonyl (C=O) groups excluding carboxylic acids is 1. The minimum atomic E-state index is -1.04. The molecule has 0 aliphatic carbocycles. The summed E-state index contributed by atoms with van der Waals surface area (Å²) in [5.74, 6) is -1.04. The van der Waals surface area contributed by atoms with Crippen LogP contribution in [-0.2, 0) is 9.53 Å². The number of rotatable bonds is 6. The minimum Gasteiger partial charge on any atom is -0.480 e. The largest absolute Gasteiger partial charge is 0.480 e. The molecule has 0 saturated heterocycles. The van der Waals surface area contributed by atoms with Crippen LogP contribution in [0.4, 0.5) is 4.79 Å². The lowest BCUT2D eigenvalue weighted by Crippen LogP contribution is -2.49. The Bertz CT molecular complexity index is 253. The first-order valence-corrected chi connectivity index (χ1v) is 5.14. The van der Waals surface area contributed by atoms with Crippen LogP contribution < -0.4 is 10.6 Å². The third kappa shape index (κ3) is 5.55. The number of urea groups is 1. The zero-order valence-electron chi connectivity index (χ0n) is 10.2. The van der Waals surface area contributed by atoms with Crippen LogP contribution >= 0.6 is 0 Å². The second kappa shape index (κ2) is 6.32. The Hall–Kier alpha value is -1.30. The Morgan fingerprint density at radius 3 is 2.38 bits per heavy atom. The fourth-order valence-electron chi connectivity index (χ4n) is 0.913. The molecule has 0 aromatic carbocycles. The maximum absolute atomic E-state index is 11.3. The number of amides is 2. The summed E-state index contributed by atoms with van der Waals surface area (Å²) >= 11 is 0. The van der Waals surface area contributed by atoms with Crippen LogP contribution in [0, 0.1) is 0 Å². The highest BCUT2D eigenvalue weighted by atomic mass is 16.5. The van der Waals surface area contributed by atoms with Crippen molar-refractivity contribution in [3.63, 3.8) is 0 Å². The van der Waals surface area contributed by atoms with Crippen molar-refractivity contribution in [2.75, 3.05) is 13.7 Å². The Kier molecular flexibility index (Phi) is 5.81. The molecule has 0 aliphatic heterocycles. The maximum Gasteiger partial charge on any atom is 0.326 e. The highest BCUT2D eigenvalue weighted by molar-refractivity contribution is 5.82. The van der Waals surface area contributed by atoms with E-state index in [2.05, 4.69) is 10.6 Å². The summed E-state index contributed by atoms with van der Waals surface area (Å²) in [5.41, 5.74) is -0.470. The van der Waals surface area contributed by atoms with Crippen LogP contribution in [0.5, 0.6) is 0 Å². The van der Waals surface area contributed by atoms with Crippen LogP contribution in [0.2, 0.25) is 0 Å². The molecule has 0 bridgehead atoms. The standard InChI is InChI=1S/C10H20N2O4/c1-5-7(8(13)14)12-9(15)11-6-10(2,3)16-4/h7H,5-6H2,1-4H3,(H,13,14)(H2,11,12,15). The molecule has 0 radical (unpaired) electrons. The molecule has 6 nitrogen and oxygen atoms in total. The van der Waals surface area contributed by atoms with E-state index < -0.39 is 23.6 Å². The van der Waals surface area contributed by atoms with Gasteiger partial charge in [0.25, 0.3) is 0 Å². The number of hydrogen-bond acceptors (Lipinski definition) is 3. The smallest absolute Gasteiger partial charge is 0.326 e. The molecule has 6 heteroatoms. The van der Waals surface area contributed by atoms with Crippen LogP contribution in [0.3, 0.4) is 0 Å². The van der Waals surface area contributed by atoms with E-state index in [1.807, 2.05) is 13.8 Å². The van der Waals surface area contributed by atoms with Crippen molar-refractivity contribution >= 4 is 12.0 Å². The van der Waals surface area contributed by atoms with Gasteiger partial charge in [0.05, 0.1) is 5.60 Å². The van der Waals surface area contributed by atoms with Gasteiger partial charge in [0.15, 0.2) is 0 Å². The van der Waals surface area contributed by atoms with Gasteiger partial charge >= 0.3 is 12.0 Å². The molecule has 0 saturated carbocycles. The Morgan fingerprint density at radius 1 is 1.44 bits per heavy atom. The SMILES string of the molecule is CCC(NC(=O)NCC(C)(C)OC)C(=O)O. The van der Waals surface area contributed by atoms with Gasteiger partial charge in [-0.25, -0.2) is 9.59 Å². The van der Waals surface area contributed by atoms with Crippen molar-refractivity contribution in [1.82, 2.24) is 10.6 Å². The molecule has 0 aromatic heterocycles. The van der Waals surface area contributed by atoms with Gasteiger partial charge in [0.1, 0.15) is 6.04 Å². The second-order valence-corrected chi connectivity index (χ2v) is 4.09.